The summed E-state index contributed by atoms with van der Waals surface area (Å²) in [5.41, 5.74) is 0.721. The quantitative estimate of drug-likeness (QED) is 0.684. The smallest absolute Gasteiger partial charge is 0.289 e. The lowest BCUT2D eigenvalue weighted by molar-refractivity contribution is -0.119. The van der Waals surface area contributed by atoms with Gasteiger partial charge in [0.2, 0.25) is 6.41 Å². The van der Waals surface area contributed by atoms with Crippen LogP contribution in [-0.4, -0.2) is 48.3 Å². The van der Waals surface area contributed by atoms with E-state index in [0.29, 0.717) is 31.9 Å². The number of hydrogen-bond donors (Lipinski definition) is 0. The third kappa shape index (κ3) is 2.34. The molecule has 1 fully saturated rings. The average Bonchev–Trinajstić information content (AvgIpc) is 3.06. The minimum absolute atomic E-state index is 0.115. The molecule has 1 saturated heterocycles. The van der Waals surface area contributed by atoms with Crippen LogP contribution in [0.1, 0.15) is 10.6 Å². The largest absolute Gasteiger partial charge is 0.451 e. The first-order valence-electron chi connectivity index (χ1n) is 7.66. The summed E-state index contributed by atoms with van der Waals surface area (Å²) in [5, 5.41) is 3.16. The van der Waals surface area contributed by atoms with Crippen molar-refractivity contribution in [1.82, 2.24) is 9.80 Å². The molecular weight excluding hydrogens is 292 g/mol. The Bertz CT molecular complexity index is 892. The molecule has 23 heavy (non-hydrogen) atoms. The number of furan rings is 1. The van der Waals surface area contributed by atoms with Gasteiger partial charge in [-0.05, 0) is 22.9 Å². The van der Waals surface area contributed by atoms with Gasteiger partial charge in [-0.25, -0.2) is 0 Å². The van der Waals surface area contributed by atoms with Crippen molar-refractivity contribution in [3.8, 4) is 0 Å². The van der Waals surface area contributed by atoms with Crippen molar-refractivity contribution < 1.29 is 14.0 Å². The van der Waals surface area contributed by atoms with Gasteiger partial charge in [0.15, 0.2) is 5.76 Å². The van der Waals surface area contributed by atoms with Gasteiger partial charge in [0, 0.05) is 31.6 Å². The Labute approximate surface area is 133 Å². The highest BCUT2D eigenvalue weighted by molar-refractivity contribution is 6.08. The van der Waals surface area contributed by atoms with Crippen LogP contribution in [0.25, 0.3) is 21.7 Å². The number of benzene rings is 2. The Morgan fingerprint density at radius 3 is 2.57 bits per heavy atom. The van der Waals surface area contributed by atoms with Gasteiger partial charge in [-0.2, -0.15) is 0 Å². The fraction of sp³-hybridized carbons (Fsp3) is 0.222. The van der Waals surface area contributed by atoms with Crippen LogP contribution in [-0.2, 0) is 4.79 Å². The number of carbonyl (C=O) groups is 2. The summed E-state index contributed by atoms with van der Waals surface area (Å²) < 4.78 is 5.77. The molecule has 1 aliphatic rings. The van der Waals surface area contributed by atoms with Gasteiger partial charge < -0.3 is 14.2 Å². The van der Waals surface area contributed by atoms with Gasteiger partial charge in [-0.1, -0.05) is 30.3 Å². The van der Waals surface area contributed by atoms with E-state index in [1.165, 1.54) is 0 Å². The Hall–Kier alpha value is -2.82. The third-order valence-corrected chi connectivity index (χ3v) is 4.39. The molecular formula is C18H16N2O3. The van der Waals surface area contributed by atoms with Crippen molar-refractivity contribution in [3.05, 3.63) is 48.2 Å². The molecule has 0 unspecified atom stereocenters. The molecule has 5 heteroatoms. The van der Waals surface area contributed by atoms with E-state index in [0.717, 1.165) is 28.2 Å². The number of piperazine rings is 1. The molecule has 0 atom stereocenters. The molecule has 0 radical (unpaired) electrons. The van der Waals surface area contributed by atoms with Crippen molar-refractivity contribution in [2.24, 2.45) is 0 Å². The maximum Gasteiger partial charge on any atom is 0.289 e. The van der Waals surface area contributed by atoms with E-state index in [4.69, 9.17) is 4.42 Å². The maximum atomic E-state index is 12.6. The second-order valence-corrected chi connectivity index (χ2v) is 5.74. The second kappa shape index (κ2) is 5.43. The number of amides is 2. The SMILES string of the molecule is O=CN1CCN(C(=O)c2cc3c(ccc4ccccc43)o2)CC1. The molecule has 2 aromatic carbocycles. The summed E-state index contributed by atoms with van der Waals surface area (Å²) in [5.74, 6) is 0.242. The van der Waals surface area contributed by atoms with Crippen molar-refractivity contribution in [2.75, 3.05) is 26.2 Å². The number of nitrogens with zero attached hydrogens (tertiary/aromatic N) is 2. The van der Waals surface area contributed by atoms with E-state index in [1.807, 2.05) is 42.5 Å². The Kier molecular flexibility index (Phi) is 3.26. The summed E-state index contributed by atoms with van der Waals surface area (Å²) in [4.78, 5) is 26.8. The predicted molar refractivity (Wildman–Crippen MR) is 87.3 cm³/mol. The second-order valence-electron chi connectivity index (χ2n) is 5.74. The summed E-state index contributed by atoms with van der Waals surface area (Å²) in [6, 6.07) is 13.8. The highest BCUT2D eigenvalue weighted by atomic mass is 16.3. The molecule has 0 N–H and O–H groups in total. The monoisotopic (exact) mass is 308 g/mol. The van der Waals surface area contributed by atoms with Crippen LogP contribution in [0, 0.1) is 0 Å². The van der Waals surface area contributed by atoms with Crippen LogP contribution in [0.3, 0.4) is 0 Å². The van der Waals surface area contributed by atoms with Gasteiger partial charge in [0.05, 0.1) is 0 Å². The van der Waals surface area contributed by atoms with Crippen LogP contribution in [0.4, 0.5) is 0 Å². The van der Waals surface area contributed by atoms with Crippen molar-refractivity contribution in [3.63, 3.8) is 0 Å². The summed E-state index contributed by atoms with van der Waals surface area (Å²) in [7, 11) is 0. The van der Waals surface area contributed by atoms with E-state index in [9.17, 15) is 9.59 Å². The standard InChI is InChI=1S/C18H16N2O3/c21-12-19-7-9-20(10-8-19)18(22)17-11-15-14-4-2-1-3-13(14)5-6-16(15)23-17/h1-6,11-12H,7-10H2. The number of carbonyl (C=O) groups excluding carboxylic acids is 2. The first kappa shape index (κ1) is 13.8. The van der Waals surface area contributed by atoms with Gasteiger partial charge >= 0.3 is 0 Å². The lowest BCUT2D eigenvalue weighted by Gasteiger charge is -2.31. The molecule has 116 valence electrons. The lowest BCUT2D eigenvalue weighted by Crippen LogP contribution is -2.48. The summed E-state index contributed by atoms with van der Waals surface area (Å²) >= 11 is 0. The van der Waals surface area contributed by atoms with Crippen molar-refractivity contribution in [1.29, 1.82) is 0 Å². The number of rotatable bonds is 2. The molecule has 0 bridgehead atoms. The van der Waals surface area contributed by atoms with Gasteiger partial charge in [0.25, 0.3) is 5.91 Å². The minimum atomic E-state index is -0.115. The lowest BCUT2D eigenvalue weighted by atomic mass is 10.1. The van der Waals surface area contributed by atoms with Crippen LogP contribution >= 0.6 is 0 Å². The molecule has 0 spiro atoms. The van der Waals surface area contributed by atoms with E-state index >= 15 is 0 Å². The Morgan fingerprint density at radius 1 is 1.00 bits per heavy atom. The van der Waals surface area contributed by atoms with Gasteiger partial charge in [-0.3, -0.25) is 9.59 Å². The third-order valence-electron chi connectivity index (χ3n) is 4.39. The average molecular weight is 308 g/mol. The van der Waals surface area contributed by atoms with Crippen LogP contribution in [0.15, 0.2) is 46.9 Å². The molecule has 5 nitrogen and oxygen atoms in total. The first-order chi connectivity index (χ1) is 11.3. The fourth-order valence-electron chi connectivity index (χ4n) is 3.08. The van der Waals surface area contributed by atoms with Crippen molar-refractivity contribution >= 4 is 34.1 Å². The van der Waals surface area contributed by atoms with Crippen molar-refractivity contribution in [2.45, 2.75) is 0 Å². The molecule has 1 aromatic heterocycles. The zero-order valence-electron chi connectivity index (χ0n) is 12.6. The first-order valence-corrected chi connectivity index (χ1v) is 7.66. The van der Waals surface area contributed by atoms with Crippen LogP contribution in [0.5, 0.6) is 0 Å². The molecule has 2 heterocycles. The molecule has 0 aliphatic carbocycles. The highest BCUT2D eigenvalue weighted by Gasteiger charge is 2.24. The zero-order valence-corrected chi connectivity index (χ0v) is 12.6. The maximum absolute atomic E-state index is 12.6. The predicted octanol–water partition coefficient (Wildman–Crippen LogP) is 2.50. The van der Waals surface area contributed by atoms with E-state index < -0.39 is 0 Å². The Morgan fingerprint density at radius 2 is 1.78 bits per heavy atom. The van der Waals surface area contributed by atoms with E-state index in [1.54, 1.807) is 9.80 Å². The van der Waals surface area contributed by atoms with Gasteiger partial charge in [-0.15, -0.1) is 0 Å². The van der Waals surface area contributed by atoms with E-state index in [2.05, 4.69) is 0 Å². The topological polar surface area (TPSA) is 53.8 Å². The summed E-state index contributed by atoms with van der Waals surface area (Å²) in [6.07, 6.45) is 0.829. The number of hydrogen-bond acceptors (Lipinski definition) is 3. The zero-order chi connectivity index (χ0) is 15.8. The minimum Gasteiger partial charge on any atom is -0.451 e. The normalized spacial score (nSPS) is 15.3. The highest BCUT2D eigenvalue weighted by Crippen LogP contribution is 2.28. The van der Waals surface area contributed by atoms with Crippen LogP contribution in [0.2, 0.25) is 0 Å². The molecule has 3 aromatic rings. The molecule has 4 rings (SSSR count). The molecule has 0 saturated carbocycles. The van der Waals surface area contributed by atoms with E-state index in [-0.39, 0.29) is 5.91 Å². The Balaban J connectivity index is 1.68. The van der Waals surface area contributed by atoms with Gasteiger partial charge in [0.1, 0.15) is 5.58 Å². The molecule has 1 aliphatic heterocycles. The van der Waals surface area contributed by atoms with Crippen LogP contribution < -0.4 is 0 Å². The summed E-state index contributed by atoms with van der Waals surface area (Å²) in [6.45, 7) is 2.21. The molecule has 2 amide bonds. The number of fused-ring (bicyclic) bond motifs is 3. The fourth-order valence-corrected chi connectivity index (χ4v) is 3.08.